The molecular weight excluding hydrogens is 328 g/mol. The van der Waals surface area contributed by atoms with Crippen LogP contribution in [0, 0.1) is 5.92 Å². The highest BCUT2D eigenvalue weighted by atomic mass is 16.5. The molecule has 3 atom stereocenters. The summed E-state index contributed by atoms with van der Waals surface area (Å²) in [6.07, 6.45) is 0.0150. The van der Waals surface area contributed by atoms with E-state index < -0.39 is 12.1 Å². The zero-order valence-electron chi connectivity index (χ0n) is 15.4. The summed E-state index contributed by atoms with van der Waals surface area (Å²) in [5, 5.41) is 13.1. The summed E-state index contributed by atoms with van der Waals surface area (Å²) in [5.74, 6) is 0.532. The fraction of sp³-hybridized carbons (Fsp3) is 0.381. The molecule has 1 amide bonds. The minimum absolute atomic E-state index is 0.0989. The Morgan fingerprint density at radius 1 is 1.19 bits per heavy atom. The molecule has 0 bridgehead atoms. The van der Waals surface area contributed by atoms with Crippen LogP contribution in [0.5, 0.6) is 5.75 Å². The summed E-state index contributed by atoms with van der Waals surface area (Å²) in [7, 11) is 0. The Morgan fingerprint density at radius 2 is 1.92 bits per heavy atom. The third kappa shape index (κ3) is 5.86. The van der Waals surface area contributed by atoms with E-state index in [1.165, 1.54) is 0 Å². The van der Waals surface area contributed by atoms with Gasteiger partial charge in [-0.05, 0) is 29.2 Å². The summed E-state index contributed by atoms with van der Waals surface area (Å²) in [4.78, 5) is 12.0. The maximum atomic E-state index is 12.0. The van der Waals surface area contributed by atoms with Crippen LogP contribution >= 0.6 is 0 Å². The molecule has 0 spiro atoms. The summed E-state index contributed by atoms with van der Waals surface area (Å²) in [6.45, 7) is 4.51. The standard InChI is InChI=1S/C21H28N2O3/c1-3-15(2)20(22)21(25)23-13-19(24)17-10-7-11-18(12-17)26-14-16-8-5-4-6-9-16/h4-12,15,19-20,24H,3,13-14,22H2,1-2H3,(H,23,25). The molecule has 5 nitrogen and oxygen atoms in total. The van der Waals surface area contributed by atoms with Crippen molar-refractivity contribution in [3.63, 3.8) is 0 Å². The Labute approximate surface area is 155 Å². The molecular formula is C21H28N2O3. The van der Waals surface area contributed by atoms with Gasteiger partial charge in [0.2, 0.25) is 5.91 Å². The molecule has 0 saturated heterocycles. The molecule has 2 rings (SSSR count). The average molecular weight is 356 g/mol. The summed E-state index contributed by atoms with van der Waals surface area (Å²) in [6, 6.07) is 16.6. The van der Waals surface area contributed by atoms with E-state index in [9.17, 15) is 9.90 Å². The number of carbonyl (C=O) groups excluding carboxylic acids is 1. The van der Waals surface area contributed by atoms with Gasteiger partial charge in [0.25, 0.3) is 0 Å². The van der Waals surface area contributed by atoms with Gasteiger partial charge in [-0.1, -0.05) is 62.7 Å². The molecule has 4 N–H and O–H groups in total. The van der Waals surface area contributed by atoms with Gasteiger partial charge in [-0.3, -0.25) is 4.79 Å². The fourth-order valence-corrected chi connectivity index (χ4v) is 2.50. The normalized spacial score (nSPS) is 14.3. The van der Waals surface area contributed by atoms with Crippen molar-refractivity contribution in [1.82, 2.24) is 5.32 Å². The molecule has 0 aliphatic rings. The van der Waals surface area contributed by atoms with Crippen molar-refractivity contribution >= 4 is 5.91 Å². The third-order valence-electron chi connectivity index (χ3n) is 4.52. The second kappa shape index (κ2) is 9.94. The number of rotatable bonds is 9. The van der Waals surface area contributed by atoms with Crippen LogP contribution in [0.3, 0.4) is 0 Å². The first kappa shape index (κ1) is 19.9. The van der Waals surface area contributed by atoms with Crippen molar-refractivity contribution in [3.8, 4) is 5.75 Å². The average Bonchev–Trinajstić information content (AvgIpc) is 2.70. The number of ether oxygens (including phenoxy) is 1. The Hall–Kier alpha value is -2.37. The van der Waals surface area contributed by atoms with Crippen LogP contribution in [0.2, 0.25) is 0 Å². The van der Waals surface area contributed by atoms with Crippen LogP contribution in [-0.4, -0.2) is 23.6 Å². The maximum Gasteiger partial charge on any atom is 0.237 e. The zero-order chi connectivity index (χ0) is 18.9. The monoisotopic (exact) mass is 356 g/mol. The Balaban J connectivity index is 1.89. The molecule has 0 aliphatic carbocycles. The van der Waals surface area contributed by atoms with Crippen molar-refractivity contribution < 1.29 is 14.6 Å². The Kier molecular flexibility index (Phi) is 7.63. The van der Waals surface area contributed by atoms with Crippen molar-refractivity contribution in [1.29, 1.82) is 0 Å². The van der Waals surface area contributed by atoms with Gasteiger partial charge in [0.05, 0.1) is 12.1 Å². The molecule has 3 unspecified atom stereocenters. The lowest BCUT2D eigenvalue weighted by molar-refractivity contribution is -0.123. The highest BCUT2D eigenvalue weighted by Crippen LogP contribution is 2.20. The number of nitrogens with one attached hydrogen (secondary N) is 1. The van der Waals surface area contributed by atoms with E-state index in [1.54, 1.807) is 12.1 Å². The summed E-state index contributed by atoms with van der Waals surface area (Å²) in [5.41, 5.74) is 7.66. The summed E-state index contributed by atoms with van der Waals surface area (Å²) < 4.78 is 5.77. The topological polar surface area (TPSA) is 84.6 Å². The maximum absolute atomic E-state index is 12.0. The zero-order valence-corrected chi connectivity index (χ0v) is 15.4. The summed E-state index contributed by atoms with van der Waals surface area (Å²) >= 11 is 0. The van der Waals surface area contributed by atoms with E-state index in [-0.39, 0.29) is 18.4 Å². The molecule has 0 heterocycles. The van der Waals surface area contributed by atoms with Gasteiger partial charge in [0, 0.05) is 6.54 Å². The van der Waals surface area contributed by atoms with E-state index in [4.69, 9.17) is 10.5 Å². The number of nitrogens with two attached hydrogens (primary N) is 1. The van der Waals surface area contributed by atoms with Gasteiger partial charge in [0.15, 0.2) is 0 Å². The van der Waals surface area contributed by atoms with Gasteiger partial charge >= 0.3 is 0 Å². The second-order valence-corrected chi connectivity index (χ2v) is 6.52. The van der Waals surface area contributed by atoms with Gasteiger partial charge in [0.1, 0.15) is 12.4 Å². The number of aliphatic hydroxyl groups is 1. The quantitative estimate of drug-likeness (QED) is 0.645. The third-order valence-corrected chi connectivity index (χ3v) is 4.52. The first-order valence-corrected chi connectivity index (χ1v) is 8.99. The Bertz CT molecular complexity index is 691. The lowest BCUT2D eigenvalue weighted by Crippen LogP contribution is -2.45. The van der Waals surface area contributed by atoms with E-state index in [1.807, 2.05) is 56.3 Å². The van der Waals surface area contributed by atoms with Crippen molar-refractivity contribution in [3.05, 3.63) is 65.7 Å². The minimum atomic E-state index is -0.816. The first-order valence-electron chi connectivity index (χ1n) is 8.99. The SMILES string of the molecule is CCC(C)C(N)C(=O)NCC(O)c1cccc(OCc2ccccc2)c1. The highest BCUT2D eigenvalue weighted by Gasteiger charge is 2.20. The Morgan fingerprint density at radius 3 is 2.62 bits per heavy atom. The number of benzene rings is 2. The smallest absolute Gasteiger partial charge is 0.237 e. The predicted molar refractivity (Wildman–Crippen MR) is 103 cm³/mol. The molecule has 26 heavy (non-hydrogen) atoms. The van der Waals surface area contributed by atoms with Gasteiger partial charge in [-0.15, -0.1) is 0 Å². The van der Waals surface area contributed by atoms with E-state index in [0.717, 1.165) is 12.0 Å². The molecule has 140 valence electrons. The molecule has 2 aromatic rings. The van der Waals surface area contributed by atoms with Crippen molar-refractivity contribution in [2.24, 2.45) is 11.7 Å². The van der Waals surface area contributed by atoms with Crippen LogP contribution in [0.1, 0.15) is 37.5 Å². The number of amides is 1. The number of hydrogen-bond acceptors (Lipinski definition) is 4. The number of aliphatic hydroxyl groups excluding tert-OH is 1. The number of carbonyl (C=O) groups is 1. The lowest BCUT2D eigenvalue weighted by atomic mass is 9.99. The van der Waals surface area contributed by atoms with Crippen molar-refractivity contribution in [2.75, 3.05) is 6.54 Å². The van der Waals surface area contributed by atoms with Crippen LogP contribution in [0.25, 0.3) is 0 Å². The van der Waals surface area contributed by atoms with Crippen molar-refractivity contribution in [2.45, 2.75) is 39.0 Å². The van der Waals surface area contributed by atoms with Crippen LogP contribution in [-0.2, 0) is 11.4 Å². The van der Waals surface area contributed by atoms with Gasteiger partial charge < -0.3 is 20.9 Å². The van der Waals surface area contributed by atoms with Crippen LogP contribution in [0.15, 0.2) is 54.6 Å². The van der Waals surface area contributed by atoms with Gasteiger partial charge in [-0.2, -0.15) is 0 Å². The minimum Gasteiger partial charge on any atom is -0.489 e. The predicted octanol–water partition coefficient (Wildman–Crippen LogP) is 2.79. The molecule has 2 aromatic carbocycles. The van der Waals surface area contributed by atoms with Crippen LogP contribution < -0.4 is 15.8 Å². The van der Waals surface area contributed by atoms with E-state index in [2.05, 4.69) is 5.32 Å². The van der Waals surface area contributed by atoms with Gasteiger partial charge in [-0.25, -0.2) is 0 Å². The first-order chi connectivity index (χ1) is 12.5. The van der Waals surface area contributed by atoms with E-state index >= 15 is 0 Å². The van der Waals surface area contributed by atoms with E-state index in [0.29, 0.717) is 17.9 Å². The molecule has 0 aromatic heterocycles. The molecule has 0 radical (unpaired) electrons. The molecule has 0 fully saturated rings. The molecule has 0 saturated carbocycles. The molecule has 5 heteroatoms. The molecule has 0 aliphatic heterocycles. The lowest BCUT2D eigenvalue weighted by Gasteiger charge is -2.19. The second-order valence-electron chi connectivity index (χ2n) is 6.52. The highest BCUT2D eigenvalue weighted by molar-refractivity contribution is 5.81. The number of hydrogen-bond donors (Lipinski definition) is 3. The largest absolute Gasteiger partial charge is 0.489 e. The van der Waals surface area contributed by atoms with Crippen LogP contribution in [0.4, 0.5) is 0 Å². The fourth-order valence-electron chi connectivity index (χ4n) is 2.50.